The van der Waals surface area contributed by atoms with Gasteiger partial charge in [0.05, 0.1) is 12.2 Å². The second kappa shape index (κ2) is 5.46. The lowest BCUT2D eigenvalue weighted by Crippen LogP contribution is -2.39. The molecule has 0 fully saturated rings. The number of amides is 1. The lowest BCUT2D eigenvalue weighted by atomic mass is 10.2. The molecule has 5 heteroatoms. The third kappa shape index (κ3) is 2.93. The zero-order chi connectivity index (χ0) is 12.1. The Balaban J connectivity index is 2.49. The molecule has 0 saturated carbocycles. The molecule has 5 nitrogen and oxygen atoms in total. The Morgan fingerprint density at radius 1 is 1.81 bits per heavy atom. The Labute approximate surface area is 95.3 Å². The molecular weight excluding hydrogens is 204 g/mol. The maximum atomic E-state index is 11.5. The van der Waals surface area contributed by atoms with E-state index in [2.05, 4.69) is 17.0 Å². The minimum absolute atomic E-state index is 0.164. The summed E-state index contributed by atoms with van der Waals surface area (Å²) in [7, 11) is 1.87. The van der Waals surface area contributed by atoms with E-state index in [0.29, 0.717) is 13.0 Å². The summed E-state index contributed by atoms with van der Waals surface area (Å²) in [5.74, 6) is -0.164. The summed E-state index contributed by atoms with van der Waals surface area (Å²) in [6.45, 7) is 5.96. The Morgan fingerprint density at radius 3 is 3.00 bits per heavy atom. The van der Waals surface area contributed by atoms with Crippen LogP contribution in [-0.4, -0.2) is 21.7 Å². The highest BCUT2D eigenvalue weighted by molar-refractivity contribution is 5.81. The van der Waals surface area contributed by atoms with Gasteiger partial charge in [-0.05, 0) is 13.3 Å². The SMILES string of the molecule is C=CCC(N)C(=O)NCc1cnn(C)c1C. The smallest absolute Gasteiger partial charge is 0.237 e. The van der Waals surface area contributed by atoms with Crippen LogP contribution in [0.2, 0.25) is 0 Å². The van der Waals surface area contributed by atoms with Gasteiger partial charge in [-0.25, -0.2) is 0 Å². The Kier molecular flexibility index (Phi) is 4.25. The summed E-state index contributed by atoms with van der Waals surface area (Å²) in [6, 6.07) is -0.519. The first-order valence-corrected chi connectivity index (χ1v) is 5.18. The van der Waals surface area contributed by atoms with E-state index < -0.39 is 6.04 Å². The van der Waals surface area contributed by atoms with Crippen molar-refractivity contribution in [3.63, 3.8) is 0 Å². The summed E-state index contributed by atoms with van der Waals surface area (Å²) < 4.78 is 1.77. The lowest BCUT2D eigenvalue weighted by Gasteiger charge is -2.09. The average Bonchev–Trinajstić information content (AvgIpc) is 2.57. The van der Waals surface area contributed by atoms with Crippen molar-refractivity contribution < 1.29 is 4.79 Å². The molecule has 16 heavy (non-hydrogen) atoms. The first kappa shape index (κ1) is 12.4. The van der Waals surface area contributed by atoms with Gasteiger partial charge in [0.15, 0.2) is 0 Å². The van der Waals surface area contributed by atoms with E-state index in [1.165, 1.54) is 0 Å². The monoisotopic (exact) mass is 222 g/mol. The summed E-state index contributed by atoms with van der Waals surface area (Å²) in [4.78, 5) is 11.5. The third-order valence-electron chi connectivity index (χ3n) is 2.55. The largest absolute Gasteiger partial charge is 0.351 e. The van der Waals surface area contributed by atoms with E-state index in [1.54, 1.807) is 17.0 Å². The van der Waals surface area contributed by atoms with Crippen LogP contribution in [0.3, 0.4) is 0 Å². The summed E-state index contributed by atoms with van der Waals surface area (Å²) in [5, 5.41) is 6.87. The molecule has 0 bridgehead atoms. The minimum atomic E-state index is -0.519. The van der Waals surface area contributed by atoms with Crippen LogP contribution in [0.4, 0.5) is 0 Å². The van der Waals surface area contributed by atoms with Crippen LogP contribution in [0, 0.1) is 6.92 Å². The molecule has 3 N–H and O–H groups in total. The standard InChI is InChI=1S/C11H18N4O/c1-4-5-10(12)11(16)13-6-9-7-14-15(3)8(9)2/h4,7,10H,1,5-6,12H2,2-3H3,(H,13,16). The number of aryl methyl sites for hydroxylation is 1. The molecule has 1 heterocycles. The van der Waals surface area contributed by atoms with Crippen LogP contribution >= 0.6 is 0 Å². The zero-order valence-electron chi connectivity index (χ0n) is 9.73. The average molecular weight is 222 g/mol. The number of carbonyl (C=O) groups is 1. The van der Waals surface area contributed by atoms with Crippen LogP contribution < -0.4 is 11.1 Å². The van der Waals surface area contributed by atoms with Crippen molar-refractivity contribution in [3.05, 3.63) is 30.1 Å². The second-order valence-corrected chi connectivity index (χ2v) is 3.73. The van der Waals surface area contributed by atoms with E-state index in [1.807, 2.05) is 14.0 Å². The van der Waals surface area contributed by atoms with E-state index in [9.17, 15) is 4.79 Å². The van der Waals surface area contributed by atoms with Crippen LogP contribution in [-0.2, 0) is 18.4 Å². The fourth-order valence-electron chi connectivity index (χ4n) is 1.32. The zero-order valence-corrected chi connectivity index (χ0v) is 9.73. The van der Waals surface area contributed by atoms with Crippen molar-refractivity contribution in [2.45, 2.75) is 25.9 Å². The molecule has 0 aromatic carbocycles. The van der Waals surface area contributed by atoms with Crippen molar-refractivity contribution in [1.82, 2.24) is 15.1 Å². The molecule has 1 amide bonds. The highest BCUT2D eigenvalue weighted by Gasteiger charge is 2.12. The molecule has 0 radical (unpaired) electrons. The number of nitrogens with two attached hydrogens (primary N) is 1. The summed E-state index contributed by atoms with van der Waals surface area (Å²) in [5.41, 5.74) is 7.67. The first-order valence-electron chi connectivity index (χ1n) is 5.18. The van der Waals surface area contributed by atoms with E-state index in [-0.39, 0.29) is 5.91 Å². The highest BCUT2D eigenvalue weighted by atomic mass is 16.2. The van der Waals surface area contributed by atoms with Crippen LogP contribution in [0.15, 0.2) is 18.9 Å². The quantitative estimate of drug-likeness (QED) is 0.701. The van der Waals surface area contributed by atoms with Crippen molar-refractivity contribution >= 4 is 5.91 Å². The van der Waals surface area contributed by atoms with Crippen LogP contribution in [0.1, 0.15) is 17.7 Å². The lowest BCUT2D eigenvalue weighted by molar-refractivity contribution is -0.122. The van der Waals surface area contributed by atoms with Crippen molar-refractivity contribution in [1.29, 1.82) is 0 Å². The van der Waals surface area contributed by atoms with Gasteiger partial charge in [-0.15, -0.1) is 6.58 Å². The Bertz CT molecular complexity index is 383. The van der Waals surface area contributed by atoms with Crippen LogP contribution in [0.25, 0.3) is 0 Å². The fourth-order valence-corrected chi connectivity index (χ4v) is 1.32. The Hall–Kier alpha value is -1.62. The molecule has 1 unspecified atom stereocenters. The van der Waals surface area contributed by atoms with E-state index in [4.69, 9.17) is 5.73 Å². The molecule has 1 rings (SSSR count). The summed E-state index contributed by atoms with van der Waals surface area (Å²) >= 11 is 0. The van der Waals surface area contributed by atoms with Gasteiger partial charge in [-0.1, -0.05) is 6.08 Å². The maximum absolute atomic E-state index is 11.5. The molecule has 0 aliphatic carbocycles. The number of hydrogen-bond donors (Lipinski definition) is 2. The molecule has 1 atom stereocenters. The number of carbonyl (C=O) groups excluding carboxylic acids is 1. The molecule has 1 aromatic heterocycles. The Morgan fingerprint density at radius 2 is 2.50 bits per heavy atom. The van der Waals surface area contributed by atoms with Gasteiger partial charge in [-0.2, -0.15) is 5.10 Å². The molecule has 0 aliphatic heterocycles. The molecule has 0 spiro atoms. The van der Waals surface area contributed by atoms with Gasteiger partial charge < -0.3 is 11.1 Å². The van der Waals surface area contributed by atoms with Crippen molar-refractivity contribution in [3.8, 4) is 0 Å². The fraction of sp³-hybridized carbons (Fsp3) is 0.455. The maximum Gasteiger partial charge on any atom is 0.237 e. The number of hydrogen-bond acceptors (Lipinski definition) is 3. The highest BCUT2D eigenvalue weighted by Crippen LogP contribution is 2.04. The van der Waals surface area contributed by atoms with E-state index in [0.717, 1.165) is 11.3 Å². The number of nitrogens with one attached hydrogen (secondary N) is 1. The van der Waals surface area contributed by atoms with Crippen molar-refractivity contribution in [2.75, 3.05) is 0 Å². The first-order chi connectivity index (χ1) is 7.56. The third-order valence-corrected chi connectivity index (χ3v) is 2.55. The minimum Gasteiger partial charge on any atom is -0.351 e. The molecule has 88 valence electrons. The molecule has 0 aliphatic rings. The molecular formula is C11H18N4O. The van der Waals surface area contributed by atoms with Gasteiger partial charge in [0, 0.05) is 24.8 Å². The second-order valence-electron chi connectivity index (χ2n) is 3.73. The van der Waals surface area contributed by atoms with Gasteiger partial charge in [-0.3, -0.25) is 9.48 Å². The predicted octanol–water partition coefficient (Wildman–Crippen LogP) is 0.248. The van der Waals surface area contributed by atoms with Crippen molar-refractivity contribution in [2.24, 2.45) is 12.8 Å². The predicted molar refractivity (Wildman–Crippen MR) is 62.6 cm³/mol. The topological polar surface area (TPSA) is 72.9 Å². The van der Waals surface area contributed by atoms with Gasteiger partial charge in [0.1, 0.15) is 0 Å². The summed E-state index contributed by atoms with van der Waals surface area (Å²) in [6.07, 6.45) is 3.87. The number of rotatable bonds is 5. The van der Waals surface area contributed by atoms with Gasteiger partial charge >= 0.3 is 0 Å². The van der Waals surface area contributed by atoms with Gasteiger partial charge in [0.2, 0.25) is 5.91 Å². The van der Waals surface area contributed by atoms with E-state index >= 15 is 0 Å². The van der Waals surface area contributed by atoms with Gasteiger partial charge in [0.25, 0.3) is 0 Å². The number of aromatic nitrogens is 2. The van der Waals surface area contributed by atoms with Crippen LogP contribution in [0.5, 0.6) is 0 Å². The number of nitrogens with zero attached hydrogens (tertiary/aromatic N) is 2. The molecule has 0 saturated heterocycles. The molecule has 1 aromatic rings. The normalized spacial score (nSPS) is 12.2.